The molecule has 0 unspecified atom stereocenters. The molecule has 1 aliphatic rings. The molecular formula is C36H58CoN2O2. The molecule has 0 N–H and O–H groups in total. The molecular weight excluding hydrogens is 551 g/mol. The molecule has 1 aromatic rings. The maximum atomic E-state index is 12.7. The summed E-state index contributed by atoms with van der Waals surface area (Å²) in [5, 5.41) is 17.3. The van der Waals surface area contributed by atoms with Crippen LogP contribution >= 0.6 is 0 Å². The Morgan fingerprint density at radius 2 is 1.15 bits per heavy atom. The number of nitrogens with zero attached hydrogens (tertiary/aromatic N) is 2. The van der Waals surface area contributed by atoms with Crippen LogP contribution in [0, 0.1) is 10.8 Å². The maximum absolute atomic E-state index is 12.7. The van der Waals surface area contributed by atoms with Gasteiger partial charge in [0.1, 0.15) is 5.71 Å². The summed E-state index contributed by atoms with van der Waals surface area (Å²) < 4.78 is 0. The van der Waals surface area contributed by atoms with Crippen LogP contribution in [0.25, 0.3) is 5.32 Å². The van der Waals surface area contributed by atoms with Gasteiger partial charge in [-0.05, 0) is 59.6 Å². The molecule has 0 saturated heterocycles. The van der Waals surface area contributed by atoms with E-state index in [0.29, 0.717) is 11.4 Å². The zero-order valence-electron chi connectivity index (χ0n) is 29.4. The molecule has 41 heavy (non-hydrogen) atoms. The Bertz CT molecular complexity index is 1180. The van der Waals surface area contributed by atoms with E-state index in [4.69, 9.17) is 0 Å². The Hall–Kier alpha value is -1.85. The summed E-state index contributed by atoms with van der Waals surface area (Å²) in [6, 6.07) is 4.02. The number of carbonyl (C=O) groups excluding carboxylic acids is 1. The number of hydrogen-bond acceptors (Lipinski definition) is 3. The first-order valence-corrected chi connectivity index (χ1v) is 14.6. The summed E-state index contributed by atoms with van der Waals surface area (Å²) in [6.45, 7) is 37.6. The second-order valence-corrected chi connectivity index (χ2v) is 17.3. The molecule has 0 atom stereocenters. The quantitative estimate of drug-likeness (QED) is 0.297. The first kappa shape index (κ1) is 39.1. The van der Waals surface area contributed by atoms with Crippen LogP contribution in [0.15, 0.2) is 40.4 Å². The van der Waals surface area contributed by atoms with Gasteiger partial charge in [0, 0.05) is 5.57 Å². The third kappa shape index (κ3) is 12.1. The van der Waals surface area contributed by atoms with Crippen molar-refractivity contribution in [2.45, 2.75) is 147 Å². The standard InChI is InChI=1S/C18H30NO.C18H29NO.Co/c2*1-16(2,3)12-10-13(17(4,5)6)15(20)14(11-12)19-18(7,8)9;/h10-11,20H,1-9H3;10-11H,1-9H3;/q-1;;+2/p-1. The van der Waals surface area contributed by atoms with Crippen LogP contribution in [0.2, 0.25) is 0 Å². The normalized spacial score (nSPS) is 16.3. The monoisotopic (exact) mass is 609 g/mol. The van der Waals surface area contributed by atoms with E-state index >= 15 is 0 Å². The van der Waals surface area contributed by atoms with Crippen molar-refractivity contribution in [3.63, 3.8) is 0 Å². The third-order valence-electron chi connectivity index (χ3n) is 6.40. The predicted octanol–water partition coefficient (Wildman–Crippen LogP) is 9.91. The molecule has 1 radical (unpaired) electrons. The van der Waals surface area contributed by atoms with Crippen molar-refractivity contribution >= 4 is 17.2 Å². The van der Waals surface area contributed by atoms with Gasteiger partial charge >= 0.3 is 16.8 Å². The van der Waals surface area contributed by atoms with Gasteiger partial charge in [-0.3, -0.25) is 9.79 Å². The van der Waals surface area contributed by atoms with Crippen LogP contribution in [0.4, 0.5) is 5.69 Å². The van der Waals surface area contributed by atoms with E-state index < -0.39 is 0 Å². The van der Waals surface area contributed by atoms with E-state index in [1.807, 2.05) is 53.7 Å². The number of benzene rings is 1. The zero-order valence-corrected chi connectivity index (χ0v) is 30.4. The third-order valence-corrected chi connectivity index (χ3v) is 6.40. The molecule has 0 aliphatic heterocycles. The van der Waals surface area contributed by atoms with Gasteiger partial charge in [-0.25, -0.2) is 0 Å². The van der Waals surface area contributed by atoms with Crippen LogP contribution in [-0.4, -0.2) is 22.6 Å². The molecule has 1 aromatic carbocycles. The van der Waals surface area contributed by atoms with Gasteiger partial charge in [0.2, 0.25) is 5.78 Å². The van der Waals surface area contributed by atoms with Gasteiger partial charge in [-0.15, -0.1) is 17.0 Å². The van der Waals surface area contributed by atoms with Crippen LogP contribution in [0.5, 0.6) is 5.75 Å². The zero-order chi connectivity index (χ0) is 31.9. The molecule has 0 aromatic heterocycles. The van der Waals surface area contributed by atoms with Gasteiger partial charge in [0.25, 0.3) is 0 Å². The van der Waals surface area contributed by atoms with E-state index in [1.165, 1.54) is 11.1 Å². The van der Waals surface area contributed by atoms with Gasteiger partial charge in [0.15, 0.2) is 0 Å². The Morgan fingerprint density at radius 1 is 0.659 bits per heavy atom. The van der Waals surface area contributed by atoms with E-state index in [-0.39, 0.29) is 61.0 Å². The summed E-state index contributed by atoms with van der Waals surface area (Å²) in [7, 11) is 0. The van der Waals surface area contributed by atoms with Gasteiger partial charge in [-0.2, -0.15) is 0 Å². The molecule has 0 amide bonds. The summed E-state index contributed by atoms with van der Waals surface area (Å²) in [5.41, 5.74) is 4.43. The number of aliphatic imine (C=N–C) groups is 1. The molecule has 0 fully saturated rings. The van der Waals surface area contributed by atoms with Crippen molar-refractivity contribution in [1.29, 1.82) is 0 Å². The first-order chi connectivity index (χ1) is 17.4. The Balaban J connectivity index is 0.000000762. The molecule has 0 bridgehead atoms. The summed E-state index contributed by atoms with van der Waals surface area (Å²) >= 11 is 0. The van der Waals surface area contributed by atoms with Crippen molar-refractivity contribution < 1.29 is 26.7 Å². The van der Waals surface area contributed by atoms with Crippen molar-refractivity contribution in [1.82, 2.24) is 0 Å². The fraction of sp³-hybridized carbons (Fsp3) is 0.667. The van der Waals surface area contributed by atoms with Crippen molar-refractivity contribution in [2.24, 2.45) is 15.8 Å². The Kier molecular flexibility index (Phi) is 12.2. The number of allylic oxidation sites excluding steroid dienone is 4. The van der Waals surface area contributed by atoms with E-state index in [9.17, 15) is 9.90 Å². The van der Waals surface area contributed by atoms with Gasteiger partial charge in [-0.1, -0.05) is 128 Å². The van der Waals surface area contributed by atoms with Crippen molar-refractivity contribution in [3.05, 3.63) is 51.9 Å². The van der Waals surface area contributed by atoms with Crippen molar-refractivity contribution in [3.8, 4) is 5.75 Å². The molecule has 5 heteroatoms. The number of Topliss-reactive ketones (excluding diaryl/α,β-unsaturated/α-hetero) is 1. The first-order valence-electron chi connectivity index (χ1n) is 14.6. The minimum absolute atomic E-state index is 0. The van der Waals surface area contributed by atoms with Crippen LogP contribution in [0.1, 0.15) is 136 Å². The van der Waals surface area contributed by atoms with Gasteiger partial charge < -0.3 is 10.4 Å². The average Bonchev–Trinajstić information content (AvgIpc) is 2.66. The molecule has 0 saturated carbocycles. The van der Waals surface area contributed by atoms with Crippen LogP contribution in [-0.2, 0) is 32.4 Å². The number of rotatable bonds is 1. The van der Waals surface area contributed by atoms with Gasteiger partial charge in [0.05, 0.1) is 5.54 Å². The molecule has 233 valence electrons. The molecule has 0 spiro atoms. The fourth-order valence-corrected chi connectivity index (χ4v) is 4.10. The maximum Gasteiger partial charge on any atom is 2.00 e. The van der Waals surface area contributed by atoms with E-state index in [2.05, 4.69) is 106 Å². The predicted molar refractivity (Wildman–Crippen MR) is 173 cm³/mol. The summed E-state index contributed by atoms with van der Waals surface area (Å²) in [6.07, 6.45) is 4.02. The number of carbonyl (C=O) groups is 1. The van der Waals surface area contributed by atoms with Crippen molar-refractivity contribution in [2.75, 3.05) is 0 Å². The minimum atomic E-state index is -0.245. The summed E-state index contributed by atoms with van der Waals surface area (Å²) in [5.74, 6) is 0.140. The second kappa shape index (κ2) is 12.8. The smallest absolute Gasteiger partial charge is 0.873 e. The molecule has 0 heterocycles. The Labute approximate surface area is 263 Å². The van der Waals surface area contributed by atoms with Crippen LogP contribution in [0.3, 0.4) is 0 Å². The number of hydrogen-bond donors (Lipinski definition) is 0. The average molecular weight is 610 g/mol. The van der Waals surface area contributed by atoms with E-state index in [0.717, 1.165) is 11.1 Å². The second-order valence-electron chi connectivity index (χ2n) is 17.3. The Morgan fingerprint density at radius 3 is 1.49 bits per heavy atom. The minimum Gasteiger partial charge on any atom is -0.873 e. The SMILES string of the molecule is CC(C)(C)N=C1C=C(C(C)(C)C)C=C(C(C)(C)C)C1=O.CC(C)(C)[N-]c1cc(C(C)(C)C)cc(C(C)(C)C)c1[O-].[Co+2]. The fourth-order valence-electron chi connectivity index (χ4n) is 4.10. The summed E-state index contributed by atoms with van der Waals surface area (Å²) in [4.78, 5) is 17.3. The topological polar surface area (TPSA) is 66.6 Å². The number of ketones is 1. The van der Waals surface area contributed by atoms with Crippen LogP contribution < -0.4 is 5.11 Å². The largest absolute Gasteiger partial charge is 2.00 e. The molecule has 4 nitrogen and oxygen atoms in total. The molecule has 2 rings (SSSR count). The van der Waals surface area contributed by atoms with E-state index in [1.54, 1.807) is 0 Å². The molecule has 1 aliphatic carbocycles.